The van der Waals surface area contributed by atoms with Gasteiger partial charge in [-0.25, -0.2) is 0 Å². The van der Waals surface area contributed by atoms with Gasteiger partial charge in [-0.1, -0.05) is 24.6 Å². The van der Waals surface area contributed by atoms with Crippen LogP contribution in [-0.2, 0) is 24.2 Å². The van der Waals surface area contributed by atoms with Crippen LogP contribution in [0.5, 0.6) is 11.5 Å². The predicted octanol–water partition coefficient (Wildman–Crippen LogP) is 5.19. The highest BCUT2D eigenvalue weighted by Gasteiger charge is 2.29. The number of anilines is 1. The number of nitrogens with zero attached hydrogens (tertiary/aromatic N) is 3. The molecule has 35 heavy (non-hydrogen) atoms. The molecule has 1 aliphatic rings. The number of alkyl halides is 3. The van der Waals surface area contributed by atoms with Crippen molar-refractivity contribution in [3.63, 3.8) is 0 Å². The third kappa shape index (κ3) is 6.52. The van der Waals surface area contributed by atoms with Crippen molar-refractivity contribution in [2.45, 2.75) is 51.2 Å². The molecule has 4 rings (SSSR count). The Morgan fingerprint density at radius 2 is 1.94 bits per heavy atom. The van der Waals surface area contributed by atoms with E-state index in [0.717, 1.165) is 48.6 Å². The lowest BCUT2D eigenvalue weighted by Crippen LogP contribution is -2.19. The lowest BCUT2D eigenvalue weighted by atomic mass is 10.1. The summed E-state index contributed by atoms with van der Waals surface area (Å²) in [5, 5.41) is 11.6. The second kappa shape index (κ2) is 10.8. The van der Waals surface area contributed by atoms with Crippen molar-refractivity contribution in [2.24, 2.45) is 0 Å². The van der Waals surface area contributed by atoms with Crippen LogP contribution in [0.2, 0.25) is 0 Å². The third-order valence-electron chi connectivity index (χ3n) is 5.77. The highest BCUT2D eigenvalue weighted by molar-refractivity contribution is 5.91. The molecule has 2 heterocycles. The van der Waals surface area contributed by atoms with Crippen LogP contribution in [0.4, 0.5) is 18.9 Å². The molecule has 7 nitrogen and oxygen atoms in total. The number of hydrogen-bond acceptors (Lipinski definition) is 5. The van der Waals surface area contributed by atoms with E-state index in [9.17, 15) is 18.0 Å². The number of nitrogens with one attached hydrogen (secondary N) is 1. The quantitative estimate of drug-likeness (QED) is 0.472. The summed E-state index contributed by atoms with van der Waals surface area (Å²) in [4.78, 5) is 12.6. The highest BCUT2D eigenvalue weighted by Crippen LogP contribution is 2.30. The molecule has 0 fully saturated rings. The first-order chi connectivity index (χ1) is 16.8. The maximum atomic E-state index is 12.6. The van der Waals surface area contributed by atoms with Crippen LogP contribution in [0.3, 0.4) is 0 Å². The van der Waals surface area contributed by atoms with Crippen LogP contribution in [0.1, 0.15) is 37.1 Å². The summed E-state index contributed by atoms with van der Waals surface area (Å²) in [6.45, 7) is -0.514. The minimum absolute atomic E-state index is 0.00112. The van der Waals surface area contributed by atoms with E-state index in [1.807, 2.05) is 24.3 Å². The first-order valence-corrected chi connectivity index (χ1v) is 11.5. The van der Waals surface area contributed by atoms with Crippen LogP contribution in [0.25, 0.3) is 11.4 Å². The standard InChI is InChI=1S/C25H27F3N4O3/c1-34-21-14-17(9-11-20(21)35-16-25(26,27)28)10-12-23(33)29-19-7-5-6-18(15-19)24-31-30-22-8-3-2-4-13-32(22)24/h5-7,9,11,14-15H,2-4,8,10,12-13,16H2,1H3,(H,29,33). The molecule has 1 aliphatic heterocycles. The molecular weight excluding hydrogens is 461 g/mol. The summed E-state index contributed by atoms with van der Waals surface area (Å²) in [5.74, 6) is 1.81. The fraction of sp³-hybridized carbons (Fsp3) is 0.400. The van der Waals surface area contributed by atoms with Crippen molar-refractivity contribution >= 4 is 11.6 Å². The average Bonchev–Trinajstić information content (AvgIpc) is 3.09. The minimum Gasteiger partial charge on any atom is -0.493 e. The number of rotatable bonds is 8. The normalized spacial score (nSPS) is 13.6. The maximum absolute atomic E-state index is 12.6. The highest BCUT2D eigenvalue weighted by atomic mass is 19.4. The van der Waals surface area contributed by atoms with Gasteiger partial charge < -0.3 is 19.4 Å². The van der Waals surface area contributed by atoms with E-state index in [1.165, 1.54) is 19.6 Å². The van der Waals surface area contributed by atoms with Gasteiger partial charge in [-0.15, -0.1) is 10.2 Å². The SMILES string of the molecule is COc1cc(CCC(=O)Nc2cccc(-c3nnc4n3CCCCC4)c2)ccc1OCC(F)(F)F. The first kappa shape index (κ1) is 24.6. The van der Waals surface area contributed by atoms with Gasteiger partial charge in [0.25, 0.3) is 0 Å². The molecular formula is C25H27F3N4O3. The van der Waals surface area contributed by atoms with Gasteiger partial charge in [0.05, 0.1) is 7.11 Å². The zero-order valence-corrected chi connectivity index (χ0v) is 19.4. The molecule has 0 saturated carbocycles. The van der Waals surface area contributed by atoms with Gasteiger partial charge in [0.2, 0.25) is 5.91 Å². The van der Waals surface area contributed by atoms with E-state index in [4.69, 9.17) is 9.47 Å². The van der Waals surface area contributed by atoms with Crippen LogP contribution in [-0.4, -0.2) is 40.6 Å². The van der Waals surface area contributed by atoms with Crippen LogP contribution in [0.15, 0.2) is 42.5 Å². The van der Waals surface area contributed by atoms with E-state index in [2.05, 4.69) is 20.1 Å². The Bertz CT molecular complexity index is 1180. The van der Waals surface area contributed by atoms with E-state index in [1.54, 1.807) is 12.1 Å². The molecule has 0 spiro atoms. The van der Waals surface area contributed by atoms with Gasteiger partial charge in [0.15, 0.2) is 23.9 Å². The lowest BCUT2D eigenvalue weighted by molar-refractivity contribution is -0.153. The lowest BCUT2D eigenvalue weighted by Gasteiger charge is -2.13. The van der Waals surface area contributed by atoms with Crippen molar-refractivity contribution in [1.82, 2.24) is 14.8 Å². The Balaban J connectivity index is 1.37. The Morgan fingerprint density at radius 3 is 2.74 bits per heavy atom. The largest absolute Gasteiger partial charge is 0.493 e. The Kier molecular flexibility index (Phi) is 7.57. The first-order valence-electron chi connectivity index (χ1n) is 11.5. The van der Waals surface area contributed by atoms with Gasteiger partial charge in [-0.2, -0.15) is 13.2 Å². The number of carbonyl (C=O) groups excluding carboxylic acids is 1. The van der Waals surface area contributed by atoms with Crippen molar-refractivity contribution in [3.8, 4) is 22.9 Å². The second-order valence-corrected chi connectivity index (χ2v) is 8.42. The van der Waals surface area contributed by atoms with E-state index in [-0.39, 0.29) is 23.8 Å². The number of fused-ring (bicyclic) bond motifs is 1. The molecule has 1 amide bonds. The number of methoxy groups -OCH3 is 1. The van der Waals surface area contributed by atoms with E-state index < -0.39 is 12.8 Å². The molecule has 0 saturated heterocycles. The number of benzene rings is 2. The monoisotopic (exact) mass is 488 g/mol. The molecule has 0 unspecified atom stereocenters. The molecule has 0 atom stereocenters. The van der Waals surface area contributed by atoms with Gasteiger partial charge in [0.1, 0.15) is 5.82 Å². The number of halogens is 3. The number of aromatic nitrogens is 3. The maximum Gasteiger partial charge on any atom is 0.422 e. The molecule has 0 aliphatic carbocycles. The second-order valence-electron chi connectivity index (χ2n) is 8.42. The summed E-state index contributed by atoms with van der Waals surface area (Å²) in [6, 6.07) is 12.1. The fourth-order valence-electron chi connectivity index (χ4n) is 4.06. The zero-order chi connectivity index (χ0) is 24.8. The summed E-state index contributed by atoms with van der Waals surface area (Å²) < 4.78 is 49.4. The Morgan fingerprint density at radius 1 is 1.09 bits per heavy atom. The van der Waals surface area contributed by atoms with Crippen molar-refractivity contribution in [2.75, 3.05) is 19.0 Å². The van der Waals surface area contributed by atoms with Gasteiger partial charge in [0, 0.05) is 30.6 Å². The van der Waals surface area contributed by atoms with Crippen LogP contribution >= 0.6 is 0 Å². The molecule has 2 aromatic carbocycles. The van der Waals surface area contributed by atoms with Gasteiger partial charge in [-0.05, 0) is 49.1 Å². The third-order valence-corrected chi connectivity index (χ3v) is 5.77. The molecule has 10 heteroatoms. The molecule has 3 aromatic rings. The number of carbonyl (C=O) groups is 1. The topological polar surface area (TPSA) is 78.3 Å². The Labute approximate surface area is 201 Å². The van der Waals surface area contributed by atoms with Crippen LogP contribution in [0, 0.1) is 0 Å². The fourth-order valence-corrected chi connectivity index (χ4v) is 4.06. The Hall–Kier alpha value is -3.56. The van der Waals surface area contributed by atoms with Gasteiger partial charge in [-0.3, -0.25) is 4.79 Å². The van der Waals surface area contributed by atoms with Crippen LogP contribution < -0.4 is 14.8 Å². The number of amides is 1. The van der Waals surface area contributed by atoms with E-state index >= 15 is 0 Å². The summed E-state index contributed by atoms with van der Waals surface area (Å²) in [6.07, 6.45) is 0.442. The number of hydrogen-bond donors (Lipinski definition) is 1. The molecule has 186 valence electrons. The summed E-state index contributed by atoms with van der Waals surface area (Å²) >= 11 is 0. The zero-order valence-electron chi connectivity index (χ0n) is 19.4. The molecule has 1 N–H and O–H groups in total. The average molecular weight is 489 g/mol. The summed E-state index contributed by atoms with van der Waals surface area (Å²) in [7, 11) is 1.35. The van der Waals surface area contributed by atoms with Crippen molar-refractivity contribution in [3.05, 3.63) is 53.9 Å². The molecule has 0 bridgehead atoms. The van der Waals surface area contributed by atoms with Crippen molar-refractivity contribution in [1.29, 1.82) is 0 Å². The smallest absolute Gasteiger partial charge is 0.422 e. The molecule has 0 radical (unpaired) electrons. The van der Waals surface area contributed by atoms with E-state index in [0.29, 0.717) is 12.1 Å². The number of aryl methyl sites for hydroxylation is 2. The van der Waals surface area contributed by atoms with Gasteiger partial charge >= 0.3 is 6.18 Å². The van der Waals surface area contributed by atoms with Crippen molar-refractivity contribution < 1.29 is 27.4 Å². The minimum atomic E-state index is -4.44. The predicted molar refractivity (Wildman–Crippen MR) is 125 cm³/mol. The molecule has 1 aromatic heterocycles. The number of ether oxygens (including phenoxy) is 2. The summed E-state index contributed by atoms with van der Waals surface area (Å²) in [5.41, 5.74) is 2.30.